The van der Waals surface area contributed by atoms with E-state index in [9.17, 15) is 14.4 Å². The number of ether oxygens (including phenoxy) is 1. The van der Waals surface area contributed by atoms with E-state index < -0.39 is 23.3 Å². The van der Waals surface area contributed by atoms with Crippen LogP contribution in [0, 0.1) is 17.3 Å². The fourth-order valence-corrected chi connectivity index (χ4v) is 4.72. The summed E-state index contributed by atoms with van der Waals surface area (Å²) in [4.78, 5) is 43.2. The summed E-state index contributed by atoms with van der Waals surface area (Å²) in [6, 6.07) is 6.89. The lowest BCUT2D eigenvalue weighted by Gasteiger charge is -2.38. The smallest absolute Gasteiger partial charge is 0.235 e. The van der Waals surface area contributed by atoms with E-state index in [0.717, 1.165) is 11.3 Å². The number of nitrogens with zero attached hydrogens (tertiary/aromatic N) is 2. The second-order valence-electron chi connectivity index (χ2n) is 8.75. The van der Waals surface area contributed by atoms with Crippen molar-refractivity contribution in [2.75, 3.05) is 25.2 Å². The van der Waals surface area contributed by atoms with Gasteiger partial charge in [0.25, 0.3) is 0 Å². The van der Waals surface area contributed by atoms with E-state index in [1.54, 1.807) is 7.11 Å². The van der Waals surface area contributed by atoms with Gasteiger partial charge in [-0.15, -0.1) is 0 Å². The summed E-state index contributed by atoms with van der Waals surface area (Å²) in [5.74, 6) is -1.66. The van der Waals surface area contributed by atoms with Crippen LogP contribution in [0.3, 0.4) is 0 Å². The summed E-state index contributed by atoms with van der Waals surface area (Å²) in [5, 5.41) is 0. The van der Waals surface area contributed by atoms with Gasteiger partial charge in [-0.1, -0.05) is 51.1 Å². The van der Waals surface area contributed by atoms with E-state index >= 15 is 0 Å². The number of imide groups is 1. The van der Waals surface area contributed by atoms with E-state index in [-0.39, 0.29) is 30.2 Å². The number of amides is 2. The molecule has 4 atom stereocenters. The summed E-state index contributed by atoms with van der Waals surface area (Å²) < 4.78 is 5.07. The molecular weight excluding hydrogens is 356 g/mol. The third-order valence-electron chi connectivity index (χ3n) is 6.03. The van der Waals surface area contributed by atoms with Crippen LogP contribution in [0.25, 0.3) is 6.08 Å². The quantitative estimate of drug-likeness (QED) is 0.747. The van der Waals surface area contributed by atoms with Crippen LogP contribution in [0.1, 0.15) is 26.3 Å². The molecule has 3 aliphatic heterocycles. The topological polar surface area (TPSA) is 66.9 Å². The monoisotopic (exact) mass is 382 g/mol. The minimum Gasteiger partial charge on any atom is -0.383 e. The van der Waals surface area contributed by atoms with Crippen LogP contribution in [0.4, 0.5) is 5.69 Å². The van der Waals surface area contributed by atoms with Crippen LogP contribution in [0.5, 0.6) is 0 Å². The second-order valence-corrected chi connectivity index (χ2v) is 8.75. The fourth-order valence-electron chi connectivity index (χ4n) is 4.72. The number of carbonyl (C=O) groups is 3. The first-order chi connectivity index (χ1) is 13.3. The van der Waals surface area contributed by atoms with Crippen LogP contribution in [-0.2, 0) is 19.1 Å². The molecule has 0 N–H and O–H groups in total. The Balaban J connectivity index is 1.82. The molecule has 0 radical (unpaired) electrons. The highest BCUT2D eigenvalue weighted by Gasteiger charge is 2.64. The third-order valence-corrected chi connectivity index (χ3v) is 6.03. The minimum absolute atomic E-state index is 0.00940. The Labute approximate surface area is 165 Å². The lowest BCUT2D eigenvalue weighted by molar-refractivity contribution is -0.142. The van der Waals surface area contributed by atoms with Crippen molar-refractivity contribution in [3.63, 3.8) is 0 Å². The van der Waals surface area contributed by atoms with Crippen LogP contribution in [0.2, 0.25) is 0 Å². The highest BCUT2D eigenvalue weighted by molar-refractivity contribution is 6.11. The van der Waals surface area contributed by atoms with E-state index in [4.69, 9.17) is 4.74 Å². The molecule has 2 saturated heterocycles. The second kappa shape index (κ2) is 6.55. The number of para-hydroxylation sites is 1. The van der Waals surface area contributed by atoms with Gasteiger partial charge in [0.05, 0.1) is 31.0 Å². The van der Waals surface area contributed by atoms with Crippen molar-refractivity contribution in [1.29, 1.82) is 0 Å². The Bertz CT molecular complexity index is 870. The first kappa shape index (κ1) is 18.9. The van der Waals surface area contributed by atoms with Gasteiger partial charge in [-0.3, -0.25) is 19.3 Å². The van der Waals surface area contributed by atoms with Crippen molar-refractivity contribution in [1.82, 2.24) is 4.90 Å². The van der Waals surface area contributed by atoms with Crippen molar-refractivity contribution >= 4 is 29.4 Å². The van der Waals surface area contributed by atoms with Gasteiger partial charge in [0, 0.05) is 18.2 Å². The molecule has 3 aliphatic rings. The maximum absolute atomic E-state index is 13.5. The number of benzene rings is 1. The summed E-state index contributed by atoms with van der Waals surface area (Å²) in [6.07, 6.45) is 3.97. The molecule has 0 bridgehead atoms. The van der Waals surface area contributed by atoms with E-state index in [1.165, 1.54) is 4.90 Å². The van der Waals surface area contributed by atoms with Gasteiger partial charge in [-0.05, 0) is 11.6 Å². The molecule has 0 spiro atoms. The Kier molecular flexibility index (Phi) is 4.42. The molecule has 2 amide bonds. The van der Waals surface area contributed by atoms with Gasteiger partial charge >= 0.3 is 0 Å². The molecular formula is C22H26N2O4. The zero-order valence-electron chi connectivity index (χ0n) is 16.7. The van der Waals surface area contributed by atoms with E-state index in [2.05, 4.69) is 0 Å². The Morgan fingerprint density at radius 3 is 2.46 bits per heavy atom. The van der Waals surface area contributed by atoms with Gasteiger partial charge in [-0.2, -0.15) is 0 Å². The maximum atomic E-state index is 13.5. The number of Topliss-reactive ketones (excluding diaryl/α,β-unsaturated/α-hetero) is 1. The molecule has 1 aromatic rings. The zero-order valence-corrected chi connectivity index (χ0v) is 16.7. The van der Waals surface area contributed by atoms with Gasteiger partial charge in [0.15, 0.2) is 5.78 Å². The van der Waals surface area contributed by atoms with Crippen molar-refractivity contribution in [2.45, 2.75) is 32.9 Å². The number of fused-ring (bicyclic) bond motifs is 5. The van der Waals surface area contributed by atoms with Crippen molar-refractivity contribution < 1.29 is 19.1 Å². The van der Waals surface area contributed by atoms with Gasteiger partial charge < -0.3 is 9.64 Å². The van der Waals surface area contributed by atoms with Crippen LogP contribution in [-0.4, -0.2) is 54.8 Å². The predicted octanol–water partition coefficient (Wildman–Crippen LogP) is 2.13. The number of methoxy groups -OCH3 is 1. The highest BCUT2D eigenvalue weighted by atomic mass is 16.5. The van der Waals surface area contributed by atoms with Crippen molar-refractivity contribution in [3.05, 3.63) is 35.9 Å². The largest absolute Gasteiger partial charge is 0.383 e. The normalized spacial score (nSPS) is 28.4. The molecule has 0 aromatic heterocycles. The van der Waals surface area contributed by atoms with Gasteiger partial charge in [0.1, 0.15) is 6.04 Å². The number of rotatable bonds is 4. The molecule has 28 heavy (non-hydrogen) atoms. The average molecular weight is 382 g/mol. The summed E-state index contributed by atoms with van der Waals surface area (Å²) in [5.41, 5.74) is 1.29. The highest BCUT2D eigenvalue weighted by Crippen LogP contribution is 2.49. The number of ketones is 1. The third kappa shape index (κ3) is 2.62. The summed E-state index contributed by atoms with van der Waals surface area (Å²) in [6.45, 7) is 6.13. The number of carbonyl (C=O) groups excluding carboxylic acids is 3. The molecule has 2 fully saturated rings. The lowest BCUT2D eigenvalue weighted by atomic mass is 9.79. The zero-order chi connectivity index (χ0) is 20.2. The SMILES string of the molecule is COCCN1C(=O)[C@@H]2[C@H](C1=O)[C@H](C(=O)C(C)(C)C)N1c3ccccc3C=C[C@@H]21. The summed E-state index contributed by atoms with van der Waals surface area (Å²) >= 11 is 0. The van der Waals surface area contributed by atoms with E-state index in [1.807, 2.05) is 62.1 Å². The van der Waals surface area contributed by atoms with Gasteiger partial charge in [0.2, 0.25) is 11.8 Å². The predicted molar refractivity (Wildman–Crippen MR) is 106 cm³/mol. The van der Waals surface area contributed by atoms with Crippen LogP contribution < -0.4 is 4.90 Å². The molecule has 0 aliphatic carbocycles. The van der Waals surface area contributed by atoms with Gasteiger partial charge in [-0.25, -0.2) is 0 Å². The number of hydrogen-bond donors (Lipinski definition) is 0. The van der Waals surface area contributed by atoms with Crippen LogP contribution in [0.15, 0.2) is 30.3 Å². The number of anilines is 1. The van der Waals surface area contributed by atoms with E-state index in [0.29, 0.717) is 6.61 Å². The first-order valence-corrected chi connectivity index (χ1v) is 9.71. The maximum Gasteiger partial charge on any atom is 0.235 e. The number of hydrogen-bond acceptors (Lipinski definition) is 5. The molecule has 3 heterocycles. The minimum atomic E-state index is -0.656. The fraction of sp³-hybridized carbons (Fsp3) is 0.500. The Hall–Kier alpha value is -2.47. The lowest BCUT2D eigenvalue weighted by Crippen LogP contribution is -2.51. The van der Waals surface area contributed by atoms with Crippen LogP contribution >= 0.6 is 0 Å². The molecule has 148 valence electrons. The Morgan fingerprint density at radius 1 is 1.11 bits per heavy atom. The molecule has 6 heteroatoms. The molecule has 0 unspecified atom stereocenters. The molecule has 1 aromatic carbocycles. The van der Waals surface area contributed by atoms with Crippen molar-refractivity contribution in [3.8, 4) is 0 Å². The molecule has 0 saturated carbocycles. The number of likely N-dealkylation sites (tertiary alicyclic amines) is 1. The average Bonchev–Trinajstić information content (AvgIpc) is 3.12. The summed E-state index contributed by atoms with van der Waals surface area (Å²) in [7, 11) is 1.54. The molecule has 4 rings (SSSR count). The van der Waals surface area contributed by atoms with Crippen molar-refractivity contribution in [2.24, 2.45) is 17.3 Å². The first-order valence-electron chi connectivity index (χ1n) is 9.71. The Morgan fingerprint density at radius 2 is 1.79 bits per heavy atom. The molecule has 6 nitrogen and oxygen atoms in total. The standard InChI is InChI=1S/C22H26N2O4/c1-22(2,3)19(25)18-17-16(20(26)23(21(17)27)11-12-28-4)15-10-9-13-7-5-6-8-14(13)24(15)18/h5-10,15-18H,11-12H2,1-4H3/t15-,16-,17-,18+/m0/s1.